The zero-order valence-corrected chi connectivity index (χ0v) is 15.0. The topological polar surface area (TPSA) is 17.3 Å². The van der Waals surface area contributed by atoms with Crippen LogP contribution in [0.4, 0.5) is 0 Å². The Morgan fingerprint density at radius 1 is 0.882 bits per heavy atom. The van der Waals surface area contributed by atoms with Crippen molar-refractivity contribution in [2.24, 2.45) is 17.8 Å². The van der Waals surface area contributed by atoms with Crippen LogP contribution in [-0.2, 0) is 32.7 Å². The Morgan fingerprint density at radius 2 is 1.35 bits per heavy atom. The monoisotopic (exact) mass is 314 g/mol. The Bertz CT molecular complexity index is 161. The predicted octanol–water partition coefficient (Wildman–Crippen LogP) is 3.38. The van der Waals surface area contributed by atoms with E-state index in [1.54, 1.807) is 0 Å². The van der Waals surface area contributed by atoms with E-state index >= 15 is 0 Å². The number of hydrogen-bond donors (Lipinski definition) is 0. The van der Waals surface area contributed by atoms with Gasteiger partial charge in [0.25, 0.3) is 0 Å². The molecule has 0 N–H and O–H groups in total. The van der Waals surface area contributed by atoms with Gasteiger partial charge < -0.3 is 10.2 Å². The van der Waals surface area contributed by atoms with Gasteiger partial charge in [0, 0.05) is 32.7 Å². The molecule has 1 radical (unpaired) electrons. The molecular weight excluding hydrogens is 285 g/mol. The molecule has 0 aromatic carbocycles. The van der Waals surface area contributed by atoms with Crippen molar-refractivity contribution in [2.45, 2.75) is 40.0 Å². The minimum Gasteiger partial charge on any atom is -0.662 e. The SMILES string of the molecule is CC1CCN(C)CC1.CC1C[N-]CC(C)C1.[Y]. The fourth-order valence-electron chi connectivity index (χ4n) is 2.49. The van der Waals surface area contributed by atoms with Crippen molar-refractivity contribution >= 4 is 0 Å². The van der Waals surface area contributed by atoms with Gasteiger partial charge in [0.2, 0.25) is 0 Å². The molecule has 2 fully saturated rings. The molecule has 0 saturated carbocycles. The quantitative estimate of drug-likeness (QED) is 0.670. The van der Waals surface area contributed by atoms with Gasteiger partial charge in [0.1, 0.15) is 0 Å². The zero-order valence-electron chi connectivity index (χ0n) is 12.2. The number of piperidine rings is 2. The fourth-order valence-corrected chi connectivity index (χ4v) is 2.49. The van der Waals surface area contributed by atoms with E-state index < -0.39 is 0 Å². The average molecular weight is 314 g/mol. The van der Waals surface area contributed by atoms with Gasteiger partial charge in [-0.05, 0) is 38.9 Å². The summed E-state index contributed by atoms with van der Waals surface area (Å²) in [6.07, 6.45) is 4.18. The smallest absolute Gasteiger partial charge is 0 e. The number of likely N-dealkylation sites (tertiary alicyclic amines) is 1. The minimum absolute atomic E-state index is 0. The zero-order chi connectivity index (χ0) is 12.0. The van der Waals surface area contributed by atoms with E-state index in [1.807, 2.05) is 0 Å². The Kier molecular flexibility index (Phi) is 10.5. The van der Waals surface area contributed by atoms with Crippen LogP contribution in [0.3, 0.4) is 0 Å². The van der Waals surface area contributed by atoms with Crippen LogP contribution >= 0.6 is 0 Å². The molecule has 2 rings (SSSR count). The van der Waals surface area contributed by atoms with Crippen molar-refractivity contribution in [3.8, 4) is 0 Å². The summed E-state index contributed by atoms with van der Waals surface area (Å²) in [5.74, 6) is 2.67. The number of nitrogens with zero attached hydrogens (tertiary/aromatic N) is 2. The van der Waals surface area contributed by atoms with E-state index in [1.165, 1.54) is 32.4 Å². The van der Waals surface area contributed by atoms with Crippen molar-refractivity contribution in [3.05, 3.63) is 5.32 Å². The second kappa shape index (κ2) is 9.89. The molecular formula is C14H29N2Y-. The van der Waals surface area contributed by atoms with Crippen LogP contribution in [0.1, 0.15) is 40.0 Å². The van der Waals surface area contributed by atoms with Crippen LogP contribution in [0.25, 0.3) is 5.32 Å². The van der Waals surface area contributed by atoms with Crippen molar-refractivity contribution in [2.75, 3.05) is 33.2 Å². The maximum Gasteiger partial charge on any atom is 0 e. The molecule has 0 spiro atoms. The Hall–Kier alpha value is 1.02. The molecule has 0 amide bonds. The largest absolute Gasteiger partial charge is 0.662 e. The maximum absolute atomic E-state index is 4.34. The summed E-state index contributed by atoms with van der Waals surface area (Å²) in [4.78, 5) is 2.40. The van der Waals surface area contributed by atoms with Gasteiger partial charge in [-0.15, -0.1) is 13.1 Å². The summed E-state index contributed by atoms with van der Waals surface area (Å²) >= 11 is 0. The van der Waals surface area contributed by atoms with Crippen LogP contribution in [-0.4, -0.2) is 38.1 Å². The van der Waals surface area contributed by atoms with Crippen LogP contribution < -0.4 is 0 Å². The van der Waals surface area contributed by atoms with Crippen molar-refractivity contribution in [3.63, 3.8) is 0 Å². The molecule has 2 saturated heterocycles. The summed E-state index contributed by atoms with van der Waals surface area (Å²) in [5.41, 5.74) is 0. The molecule has 3 heteroatoms. The van der Waals surface area contributed by atoms with E-state index in [0.717, 1.165) is 30.8 Å². The third kappa shape index (κ3) is 8.69. The Morgan fingerprint density at radius 3 is 1.65 bits per heavy atom. The molecule has 0 bridgehead atoms. The molecule has 2 aliphatic rings. The van der Waals surface area contributed by atoms with E-state index in [-0.39, 0.29) is 32.7 Å². The first-order valence-electron chi connectivity index (χ1n) is 6.89. The first-order valence-corrected chi connectivity index (χ1v) is 6.89. The molecule has 2 nitrogen and oxygen atoms in total. The van der Waals surface area contributed by atoms with Gasteiger partial charge in [-0.3, -0.25) is 0 Å². The molecule has 2 heterocycles. The summed E-state index contributed by atoms with van der Waals surface area (Å²) in [7, 11) is 2.20. The number of rotatable bonds is 0. The second-order valence-corrected chi connectivity index (χ2v) is 6.02. The van der Waals surface area contributed by atoms with Crippen LogP contribution in [0.15, 0.2) is 0 Å². The third-order valence-electron chi connectivity index (χ3n) is 3.69. The van der Waals surface area contributed by atoms with Gasteiger partial charge in [0.15, 0.2) is 0 Å². The molecule has 2 aliphatic heterocycles. The van der Waals surface area contributed by atoms with Gasteiger partial charge in [-0.25, -0.2) is 0 Å². The summed E-state index contributed by atoms with van der Waals surface area (Å²) in [5, 5.41) is 4.34. The second-order valence-electron chi connectivity index (χ2n) is 6.02. The van der Waals surface area contributed by atoms with Gasteiger partial charge in [0.05, 0.1) is 0 Å². The Balaban J connectivity index is 0.000000284. The first kappa shape index (κ1) is 18.0. The van der Waals surface area contributed by atoms with Gasteiger partial charge in [-0.1, -0.05) is 39.0 Å². The molecule has 2 atom stereocenters. The molecule has 0 aromatic rings. The van der Waals surface area contributed by atoms with E-state index in [4.69, 9.17) is 0 Å². The molecule has 17 heavy (non-hydrogen) atoms. The molecule has 0 aromatic heterocycles. The Labute approximate surface area is 133 Å². The van der Waals surface area contributed by atoms with Crippen molar-refractivity contribution in [1.82, 2.24) is 4.90 Å². The molecule has 2 unspecified atom stereocenters. The van der Waals surface area contributed by atoms with Gasteiger partial charge >= 0.3 is 0 Å². The maximum atomic E-state index is 4.34. The average Bonchev–Trinajstić information content (AvgIpc) is 2.23. The van der Waals surface area contributed by atoms with Crippen LogP contribution in [0, 0.1) is 17.8 Å². The summed E-state index contributed by atoms with van der Waals surface area (Å²) < 4.78 is 0. The standard InChI is InChI=1S/C7H14N.C7H15N.Y/c1-6-3-7(2)5-8-4-6;1-7-3-5-8(2)6-4-7;/h6-7H,3-5H2,1-2H3;7H,3-6H2,1-2H3;/q-1;;. The summed E-state index contributed by atoms with van der Waals surface area (Å²) in [6.45, 7) is 11.7. The first-order chi connectivity index (χ1) is 7.58. The molecule has 99 valence electrons. The van der Waals surface area contributed by atoms with E-state index in [2.05, 4.69) is 38.0 Å². The minimum atomic E-state index is 0. The molecule has 0 aliphatic carbocycles. The van der Waals surface area contributed by atoms with E-state index in [0.29, 0.717) is 0 Å². The van der Waals surface area contributed by atoms with Crippen molar-refractivity contribution in [1.29, 1.82) is 0 Å². The van der Waals surface area contributed by atoms with Crippen LogP contribution in [0.2, 0.25) is 0 Å². The fraction of sp³-hybridized carbons (Fsp3) is 1.00. The summed E-state index contributed by atoms with van der Waals surface area (Å²) in [6, 6.07) is 0. The normalized spacial score (nSPS) is 31.1. The third-order valence-corrected chi connectivity index (χ3v) is 3.69. The van der Waals surface area contributed by atoms with Gasteiger partial charge in [-0.2, -0.15) is 0 Å². The number of hydrogen-bond acceptors (Lipinski definition) is 1. The predicted molar refractivity (Wildman–Crippen MR) is 71.9 cm³/mol. The van der Waals surface area contributed by atoms with Crippen LogP contribution in [0.5, 0.6) is 0 Å². The van der Waals surface area contributed by atoms with Crippen molar-refractivity contribution < 1.29 is 32.7 Å². The van der Waals surface area contributed by atoms with E-state index in [9.17, 15) is 0 Å².